The van der Waals surface area contributed by atoms with E-state index in [0.717, 1.165) is 11.4 Å². The minimum absolute atomic E-state index is 0.0136. The van der Waals surface area contributed by atoms with Gasteiger partial charge in [-0.05, 0) is 48.9 Å². The molecule has 2 aromatic carbocycles. The average molecular weight is 462 g/mol. The minimum Gasteiger partial charge on any atom is -0.497 e. The molecule has 1 unspecified atom stereocenters. The van der Waals surface area contributed by atoms with E-state index in [1.54, 1.807) is 42.1 Å². The molecule has 0 spiro atoms. The van der Waals surface area contributed by atoms with Crippen LogP contribution in [0.15, 0.2) is 64.9 Å². The lowest BCUT2D eigenvalue weighted by Crippen LogP contribution is -2.31. The molecule has 1 atom stereocenters. The average Bonchev–Trinajstić information content (AvgIpc) is 3.24. The number of primary sulfonamides is 1. The van der Waals surface area contributed by atoms with Gasteiger partial charge in [0.1, 0.15) is 12.1 Å². The van der Waals surface area contributed by atoms with E-state index in [1.165, 1.54) is 23.9 Å². The SMILES string of the molecule is COc1ccc(-n2cnnc2SCC(=O)N(C)C(C)c2cccc(S(N)(=O)=O)c2)cc1. The molecule has 0 saturated heterocycles. The molecule has 0 fully saturated rings. The number of carbonyl (C=O) groups excluding carboxylic acids is 1. The molecule has 2 N–H and O–H groups in total. The number of ether oxygens (including phenoxy) is 1. The number of thioether (sulfide) groups is 1. The Kier molecular flexibility index (Phi) is 6.98. The Morgan fingerprint density at radius 1 is 1.26 bits per heavy atom. The van der Waals surface area contributed by atoms with Gasteiger partial charge in [-0.3, -0.25) is 9.36 Å². The number of nitrogens with zero attached hydrogens (tertiary/aromatic N) is 4. The van der Waals surface area contributed by atoms with E-state index in [1.807, 2.05) is 31.2 Å². The van der Waals surface area contributed by atoms with Gasteiger partial charge < -0.3 is 9.64 Å². The summed E-state index contributed by atoms with van der Waals surface area (Å²) in [5, 5.41) is 13.8. The number of carbonyl (C=O) groups is 1. The fourth-order valence-electron chi connectivity index (χ4n) is 2.86. The zero-order valence-corrected chi connectivity index (χ0v) is 18.9. The van der Waals surface area contributed by atoms with Crippen molar-refractivity contribution in [2.45, 2.75) is 23.0 Å². The van der Waals surface area contributed by atoms with Gasteiger partial charge in [-0.1, -0.05) is 23.9 Å². The number of methoxy groups -OCH3 is 1. The van der Waals surface area contributed by atoms with Crippen LogP contribution in [0.4, 0.5) is 0 Å². The van der Waals surface area contributed by atoms with Crippen molar-refractivity contribution in [3.05, 3.63) is 60.4 Å². The summed E-state index contributed by atoms with van der Waals surface area (Å²) in [6.45, 7) is 1.82. The number of sulfonamides is 1. The lowest BCUT2D eigenvalue weighted by molar-refractivity contribution is -0.128. The van der Waals surface area contributed by atoms with Crippen molar-refractivity contribution in [1.82, 2.24) is 19.7 Å². The molecule has 1 aromatic heterocycles. The highest BCUT2D eigenvalue weighted by Crippen LogP contribution is 2.25. The highest BCUT2D eigenvalue weighted by atomic mass is 32.2. The predicted octanol–water partition coefficient (Wildman–Crippen LogP) is 2.24. The lowest BCUT2D eigenvalue weighted by atomic mass is 10.1. The number of benzene rings is 2. The third kappa shape index (κ3) is 5.43. The molecule has 3 rings (SSSR count). The van der Waals surface area contributed by atoms with Crippen molar-refractivity contribution >= 4 is 27.7 Å². The highest BCUT2D eigenvalue weighted by Gasteiger charge is 2.20. The monoisotopic (exact) mass is 461 g/mol. The molecule has 31 heavy (non-hydrogen) atoms. The Balaban J connectivity index is 1.68. The van der Waals surface area contributed by atoms with Crippen LogP contribution in [-0.2, 0) is 14.8 Å². The quantitative estimate of drug-likeness (QED) is 0.511. The molecular weight excluding hydrogens is 438 g/mol. The fourth-order valence-corrected chi connectivity index (χ4v) is 4.28. The van der Waals surface area contributed by atoms with Crippen LogP contribution in [0.3, 0.4) is 0 Å². The van der Waals surface area contributed by atoms with Crippen molar-refractivity contribution in [3.63, 3.8) is 0 Å². The molecule has 9 nitrogen and oxygen atoms in total. The van der Waals surface area contributed by atoms with E-state index in [9.17, 15) is 13.2 Å². The van der Waals surface area contributed by atoms with Gasteiger partial charge in [0.25, 0.3) is 0 Å². The topological polar surface area (TPSA) is 120 Å². The summed E-state index contributed by atoms with van der Waals surface area (Å²) < 4.78 is 30.2. The molecule has 164 valence electrons. The number of nitrogens with two attached hydrogens (primary N) is 1. The highest BCUT2D eigenvalue weighted by molar-refractivity contribution is 7.99. The van der Waals surface area contributed by atoms with E-state index in [0.29, 0.717) is 10.7 Å². The Bertz CT molecular complexity index is 1160. The van der Waals surface area contributed by atoms with Crippen molar-refractivity contribution in [1.29, 1.82) is 0 Å². The maximum atomic E-state index is 12.8. The van der Waals surface area contributed by atoms with E-state index in [4.69, 9.17) is 9.88 Å². The van der Waals surface area contributed by atoms with Crippen LogP contribution in [0.25, 0.3) is 5.69 Å². The second-order valence-corrected chi connectivity index (χ2v) is 9.27. The first kappa shape index (κ1) is 22.8. The summed E-state index contributed by atoms with van der Waals surface area (Å²) in [4.78, 5) is 14.3. The first-order valence-corrected chi connectivity index (χ1v) is 11.8. The van der Waals surface area contributed by atoms with Gasteiger partial charge in [0.2, 0.25) is 15.9 Å². The number of rotatable bonds is 8. The molecule has 3 aromatic rings. The van der Waals surface area contributed by atoms with E-state index in [-0.39, 0.29) is 22.6 Å². The summed E-state index contributed by atoms with van der Waals surface area (Å²) in [7, 11) is -0.541. The van der Waals surface area contributed by atoms with Gasteiger partial charge in [0, 0.05) is 12.7 Å². The minimum atomic E-state index is -3.81. The standard InChI is InChI=1S/C20H23N5O4S2/c1-14(15-5-4-6-18(11-15)31(21,27)28)24(2)19(26)12-30-20-23-22-13-25(20)16-7-9-17(29-3)10-8-16/h4-11,13-14H,12H2,1-3H3,(H2,21,27,28). The van der Waals surface area contributed by atoms with Gasteiger partial charge in [-0.15, -0.1) is 10.2 Å². The summed E-state index contributed by atoms with van der Waals surface area (Å²) in [5.74, 6) is 0.746. The van der Waals surface area contributed by atoms with Gasteiger partial charge in [-0.2, -0.15) is 0 Å². The number of amides is 1. The van der Waals surface area contributed by atoms with Crippen molar-refractivity contribution in [3.8, 4) is 11.4 Å². The molecule has 0 saturated carbocycles. The molecule has 0 aliphatic heterocycles. The summed E-state index contributed by atoms with van der Waals surface area (Å²) >= 11 is 1.27. The Hall–Kier alpha value is -2.89. The summed E-state index contributed by atoms with van der Waals surface area (Å²) in [6, 6.07) is 13.4. The van der Waals surface area contributed by atoms with Crippen molar-refractivity contribution < 1.29 is 17.9 Å². The fraction of sp³-hybridized carbons (Fsp3) is 0.250. The van der Waals surface area contributed by atoms with Gasteiger partial charge in [0.05, 0.1) is 23.8 Å². The lowest BCUT2D eigenvalue weighted by Gasteiger charge is -2.25. The first-order chi connectivity index (χ1) is 14.7. The maximum Gasteiger partial charge on any atom is 0.238 e. The second kappa shape index (κ2) is 9.50. The molecular formula is C20H23N5O4S2. The van der Waals surface area contributed by atoms with Gasteiger partial charge in [-0.25, -0.2) is 13.6 Å². The van der Waals surface area contributed by atoms with Crippen LogP contribution < -0.4 is 9.88 Å². The molecule has 0 bridgehead atoms. The zero-order chi connectivity index (χ0) is 22.6. The molecule has 0 aliphatic rings. The molecule has 11 heteroatoms. The van der Waals surface area contributed by atoms with Crippen molar-refractivity contribution in [2.24, 2.45) is 5.14 Å². The Morgan fingerprint density at radius 3 is 2.61 bits per heavy atom. The summed E-state index contributed by atoms with van der Waals surface area (Å²) in [6.07, 6.45) is 1.58. The van der Waals surface area contributed by atoms with Crippen LogP contribution in [0.1, 0.15) is 18.5 Å². The molecule has 0 radical (unpaired) electrons. The van der Waals surface area contributed by atoms with Crippen LogP contribution in [-0.4, -0.2) is 53.9 Å². The Labute approximate surface area is 185 Å². The number of aromatic nitrogens is 3. The van der Waals surface area contributed by atoms with Crippen LogP contribution in [0.5, 0.6) is 5.75 Å². The third-order valence-electron chi connectivity index (χ3n) is 4.84. The number of hydrogen-bond donors (Lipinski definition) is 1. The smallest absolute Gasteiger partial charge is 0.238 e. The zero-order valence-electron chi connectivity index (χ0n) is 17.3. The third-order valence-corrected chi connectivity index (χ3v) is 6.67. The molecule has 0 aliphatic carbocycles. The largest absolute Gasteiger partial charge is 0.497 e. The predicted molar refractivity (Wildman–Crippen MR) is 118 cm³/mol. The Morgan fingerprint density at radius 2 is 1.97 bits per heavy atom. The number of hydrogen-bond acceptors (Lipinski definition) is 7. The normalized spacial score (nSPS) is 12.4. The van der Waals surface area contributed by atoms with Crippen LogP contribution >= 0.6 is 11.8 Å². The first-order valence-electron chi connectivity index (χ1n) is 9.26. The van der Waals surface area contributed by atoms with E-state index >= 15 is 0 Å². The second-order valence-electron chi connectivity index (χ2n) is 6.77. The van der Waals surface area contributed by atoms with Crippen LogP contribution in [0.2, 0.25) is 0 Å². The van der Waals surface area contributed by atoms with Gasteiger partial charge in [0.15, 0.2) is 5.16 Å². The molecule has 1 amide bonds. The maximum absolute atomic E-state index is 12.8. The van der Waals surface area contributed by atoms with Crippen molar-refractivity contribution in [2.75, 3.05) is 19.9 Å². The molecule has 1 heterocycles. The summed E-state index contributed by atoms with van der Waals surface area (Å²) in [5.41, 5.74) is 1.52. The van der Waals surface area contributed by atoms with E-state index < -0.39 is 10.0 Å². The van der Waals surface area contributed by atoms with E-state index in [2.05, 4.69) is 10.2 Å². The van der Waals surface area contributed by atoms with Gasteiger partial charge >= 0.3 is 0 Å². The van der Waals surface area contributed by atoms with Crippen LogP contribution in [0, 0.1) is 0 Å².